The molecule has 0 bridgehead atoms. The summed E-state index contributed by atoms with van der Waals surface area (Å²) in [4.78, 5) is 9.68. The van der Waals surface area contributed by atoms with Gasteiger partial charge in [0.2, 0.25) is 0 Å². The Morgan fingerprint density at radius 3 is 3.30 bits per heavy atom. The van der Waals surface area contributed by atoms with Gasteiger partial charge in [0.1, 0.15) is 0 Å². The Morgan fingerprint density at radius 2 is 2.60 bits per heavy atom. The summed E-state index contributed by atoms with van der Waals surface area (Å²) < 4.78 is 0. The molecule has 1 N–H and O–H groups in total. The van der Waals surface area contributed by atoms with Crippen molar-refractivity contribution in [1.29, 1.82) is 0 Å². The Bertz CT molecular complexity index is 208. The summed E-state index contributed by atoms with van der Waals surface area (Å²) in [5.41, 5.74) is 2.52. The number of H-pyrrole nitrogens is 1. The van der Waals surface area contributed by atoms with Gasteiger partial charge in [0.15, 0.2) is 0 Å². The molecule has 3 heteroatoms. The number of fused-ring (bicyclic) bond motifs is 1. The summed E-state index contributed by atoms with van der Waals surface area (Å²) in [5.74, 6) is 0. The van der Waals surface area contributed by atoms with Gasteiger partial charge in [-0.05, 0) is 6.54 Å². The third-order valence-corrected chi connectivity index (χ3v) is 2.01. The van der Waals surface area contributed by atoms with Crippen molar-refractivity contribution >= 4 is 0 Å². The van der Waals surface area contributed by atoms with E-state index < -0.39 is 0 Å². The third kappa shape index (κ3) is 0.743. The van der Waals surface area contributed by atoms with E-state index in [4.69, 9.17) is 0 Å². The molecule has 0 unspecified atom stereocenters. The van der Waals surface area contributed by atoms with Crippen LogP contribution in [0.4, 0.5) is 0 Å². The van der Waals surface area contributed by atoms with Crippen LogP contribution < -0.4 is 0 Å². The van der Waals surface area contributed by atoms with Gasteiger partial charge in [0, 0.05) is 13.1 Å². The Labute approximate surface area is 60.1 Å². The Balaban J connectivity index is 2.21. The van der Waals surface area contributed by atoms with Crippen LogP contribution in [0.2, 0.25) is 0 Å². The smallest absolute Gasteiger partial charge is 0.0926 e. The molecule has 0 aromatic carbocycles. The lowest BCUT2D eigenvalue weighted by molar-refractivity contribution is 0.296. The zero-order valence-corrected chi connectivity index (χ0v) is 6.09. The number of imidazole rings is 1. The first-order chi connectivity index (χ1) is 4.90. The number of hydrogen-bond acceptors (Lipinski definition) is 2. The molecule has 2 rings (SSSR count). The second-order valence-corrected chi connectivity index (χ2v) is 2.63. The molecule has 1 aliphatic heterocycles. The van der Waals surface area contributed by atoms with Gasteiger partial charge in [0.25, 0.3) is 0 Å². The molecule has 2 heterocycles. The van der Waals surface area contributed by atoms with E-state index in [1.165, 1.54) is 11.4 Å². The van der Waals surface area contributed by atoms with Gasteiger partial charge in [-0.2, -0.15) is 0 Å². The number of aromatic nitrogens is 2. The topological polar surface area (TPSA) is 31.9 Å². The molecule has 1 aromatic rings. The van der Waals surface area contributed by atoms with Crippen LogP contribution in [-0.4, -0.2) is 21.4 Å². The molecule has 10 heavy (non-hydrogen) atoms. The van der Waals surface area contributed by atoms with Gasteiger partial charge < -0.3 is 4.98 Å². The average molecular weight is 137 g/mol. The van der Waals surface area contributed by atoms with Gasteiger partial charge in [0.05, 0.1) is 17.7 Å². The predicted molar refractivity (Wildman–Crippen MR) is 38.4 cm³/mol. The molecule has 3 nitrogen and oxygen atoms in total. The van der Waals surface area contributed by atoms with Crippen molar-refractivity contribution < 1.29 is 0 Å². The maximum Gasteiger partial charge on any atom is 0.0926 e. The van der Waals surface area contributed by atoms with E-state index in [9.17, 15) is 0 Å². The highest BCUT2D eigenvalue weighted by molar-refractivity contribution is 5.15. The Kier molecular flexibility index (Phi) is 1.24. The van der Waals surface area contributed by atoms with Crippen LogP contribution in [0.1, 0.15) is 18.3 Å². The highest BCUT2D eigenvalue weighted by Crippen LogP contribution is 2.17. The highest BCUT2D eigenvalue weighted by atomic mass is 15.2. The first-order valence-corrected chi connectivity index (χ1v) is 3.63. The van der Waals surface area contributed by atoms with Crippen molar-refractivity contribution in [2.75, 3.05) is 6.54 Å². The summed E-state index contributed by atoms with van der Waals surface area (Å²) in [7, 11) is 0. The molecule has 1 aromatic heterocycles. The van der Waals surface area contributed by atoms with Gasteiger partial charge in [-0.15, -0.1) is 0 Å². The van der Waals surface area contributed by atoms with Crippen molar-refractivity contribution in [3.63, 3.8) is 0 Å². The number of nitrogens with zero attached hydrogens (tertiary/aromatic N) is 2. The van der Waals surface area contributed by atoms with Crippen LogP contribution in [0.25, 0.3) is 0 Å². The molecule has 0 aliphatic carbocycles. The zero-order valence-electron chi connectivity index (χ0n) is 6.09. The summed E-state index contributed by atoms with van der Waals surface area (Å²) in [6.45, 7) is 5.36. The number of nitrogens with one attached hydrogen (secondary N) is 1. The molecule has 0 amide bonds. The number of aromatic amines is 1. The molecule has 0 saturated carbocycles. The zero-order chi connectivity index (χ0) is 6.97. The van der Waals surface area contributed by atoms with Gasteiger partial charge in [-0.25, -0.2) is 4.98 Å². The van der Waals surface area contributed by atoms with Gasteiger partial charge in [-0.1, -0.05) is 6.92 Å². The molecule has 1 aliphatic rings. The quantitative estimate of drug-likeness (QED) is 0.619. The number of rotatable bonds is 1. The fourth-order valence-corrected chi connectivity index (χ4v) is 1.34. The molecule has 54 valence electrons. The van der Waals surface area contributed by atoms with Crippen LogP contribution in [0.3, 0.4) is 0 Å². The lowest BCUT2D eigenvalue weighted by Crippen LogP contribution is -2.15. The Hall–Kier alpha value is -0.830. The van der Waals surface area contributed by atoms with E-state index in [0.717, 1.165) is 19.6 Å². The monoisotopic (exact) mass is 137 g/mol. The molecular formula is C7H11N3. The largest absolute Gasteiger partial charge is 0.347 e. The first-order valence-electron chi connectivity index (χ1n) is 3.63. The van der Waals surface area contributed by atoms with Crippen LogP contribution in [0, 0.1) is 0 Å². The third-order valence-electron chi connectivity index (χ3n) is 2.01. The minimum Gasteiger partial charge on any atom is -0.347 e. The van der Waals surface area contributed by atoms with E-state index in [1.807, 2.05) is 0 Å². The van der Waals surface area contributed by atoms with Crippen molar-refractivity contribution in [2.24, 2.45) is 0 Å². The molecular weight excluding hydrogens is 126 g/mol. The first kappa shape index (κ1) is 5.92. The number of hydrogen-bond donors (Lipinski definition) is 1. The fourth-order valence-electron chi connectivity index (χ4n) is 1.34. The molecule has 0 fully saturated rings. The Morgan fingerprint density at radius 1 is 1.70 bits per heavy atom. The van der Waals surface area contributed by atoms with E-state index in [0.29, 0.717) is 0 Å². The van der Waals surface area contributed by atoms with E-state index in [-0.39, 0.29) is 0 Å². The van der Waals surface area contributed by atoms with E-state index in [2.05, 4.69) is 21.8 Å². The van der Waals surface area contributed by atoms with E-state index in [1.54, 1.807) is 6.33 Å². The minimum absolute atomic E-state index is 1.02. The summed E-state index contributed by atoms with van der Waals surface area (Å²) >= 11 is 0. The van der Waals surface area contributed by atoms with Crippen LogP contribution in [0.15, 0.2) is 6.33 Å². The normalized spacial score (nSPS) is 17.7. The fraction of sp³-hybridized carbons (Fsp3) is 0.571. The molecule has 0 atom stereocenters. The molecule has 0 saturated heterocycles. The summed E-state index contributed by atoms with van der Waals surface area (Å²) in [5, 5.41) is 0. The van der Waals surface area contributed by atoms with Crippen molar-refractivity contribution in [3.8, 4) is 0 Å². The molecule has 0 spiro atoms. The second-order valence-electron chi connectivity index (χ2n) is 2.63. The second kappa shape index (κ2) is 2.09. The predicted octanol–water partition coefficient (Wildman–Crippen LogP) is 0.745. The lowest BCUT2D eigenvalue weighted by Gasteiger charge is -2.09. The van der Waals surface area contributed by atoms with Crippen molar-refractivity contribution in [2.45, 2.75) is 20.0 Å². The van der Waals surface area contributed by atoms with Crippen LogP contribution in [-0.2, 0) is 13.1 Å². The highest BCUT2D eigenvalue weighted by Gasteiger charge is 2.18. The lowest BCUT2D eigenvalue weighted by atomic mass is 10.4. The average Bonchev–Trinajstić information content (AvgIpc) is 2.42. The molecule has 0 radical (unpaired) electrons. The van der Waals surface area contributed by atoms with Crippen LogP contribution in [0.5, 0.6) is 0 Å². The minimum atomic E-state index is 1.02. The van der Waals surface area contributed by atoms with Gasteiger partial charge >= 0.3 is 0 Å². The summed E-state index contributed by atoms with van der Waals surface area (Å²) in [6.07, 6.45) is 1.78. The van der Waals surface area contributed by atoms with E-state index >= 15 is 0 Å². The SMILES string of the molecule is CCN1Cc2nc[nH]c2C1. The van der Waals surface area contributed by atoms with Crippen molar-refractivity contribution in [1.82, 2.24) is 14.9 Å². The maximum atomic E-state index is 4.20. The van der Waals surface area contributed by atoms with Gasteiger partial charge in [-0.3, -0.25) is 4.90 Å². The van der Waals surface area contributed by atoms with Crippen molar-refractivity contribution in [3.05, 3.63) is 17.7 Å². The standard InChI is InChI=1S/C7H11N3/c1-2-10-3-6-7(4-10)9-5-8-6/h5H,2-4H2,1H3,(H,8,9). The summed E-state index contributed by atoms with van der Waals surface area (Å²) in [6, 6.07) is 0. The van der Waals surface area contributed by atoms with Crippen LogP contribution >= 0.6 is 0 Å². The maximum absolute atomic E-state index is 4.20.